The van der Waals surface area contributed by atoms with E-state index in [-0.39, 0.29) is 5.91 Å². The summed E-state index contributed by atoms with van der Waals surface area (Å²) in [5.74, 6) is 1.46. The number of rotatable bonds is 7. The number of benzene rings is 2. The predicted molar refractivity (Wildman–Crippen MR) is 122 cm³/mol. The van der Waals surface area contributed by atoms with Crippen LogP contribution in [0.2, 0.25) is 0 Å². The smallest absolute Gasteiger partial charge is 0.276 e. The van der Waals surface area contributed by atoms with Gasteiger partial charge in [0.05, 0.1) is 6.61 Å². The molecule has 1 N–H and O–H groups in total. The van der Waals surface area contributed by atoms with Gasteiger partial charge in [0.25, 0.3) is 5.91 Å². The molecule has 2 heterocycles. The van der Waals surface area contributed by atoms with Gasteiger partial charge >= 0.3 is 0 Å². The van der Waals surface area contributed by atoms with Gasteiger partial charge < -0.3 is 15.0 Å². The first kappa shape index (κ1) is 20.8. The van der Waals surface area contributed by atoms with Gasteiger partial charge in [-0.05, 0) is 48.9 Å². The van der Waals surface area contributed by atoms with Crippen molar-refractivity contribution in [2.24, 2.45) is 0 Å². The number of piperazine rings is 1. The first-order valence-electron chi connectivity index (χ1n) is 10.6. The van der Waals surface area contributed by atoms with E-state index in [1.54, 1.807) is 6.07 Å². The van der Waals surface area contributed by atoms with E-state index in [2.05, 4.69) is 37.4 Å². The summed E-state index contributed by atoms with van der Waals surface area (Å²) in [4.78, 5) is 17.0. The van der Waals surface area contributed by atoms with Crippen molar-refractivity contribution < 1.29 is 9.53 Å². The fourth-order valence-electron chi connectivity index (χ4n) is 3.58. The Morgan fingerprint density at radius 2 is 1.68 bits per heavy atom. The molecule has 0 bridgehead atoms. The molecular formula is C24H27N5O2. The quantitative estimate of drug-likeness (QED) is 0.635. The van der Waals surface area contributed by atoms with E-state index >= 15 is 0 Å². The average Bonchev–Trinajstić information content (AvgIpc) is 2.82. The highest BCUT2D eigenvalue weighted by Crippen LogP contribution is 2.17. The van der Waals surface area contributed by atoms with Crippen molar-refractivity contribution in [1.29, 1.82) is 0 Å². The van der Waals surface area contributed by atoms with Crippen LogP contribution in [-0.4, -0.2) is 53.8 Å². The summed E-state index contributed by atoms with van der Waals surface area (Å²) in [6, 6.07) is 21.2. The Balaban J connectivity index is 1.28. The summed E-state index contributed by atoms with van der Waals surface area (Å²) in [7, 11) is 0. The largest absolute Gasteiger partial charge is 0.494 e. The van der Waals surface area contributed by atoms with Crippen molar-refractivity contribution >= 4 is 17.4 Å². The summed E-state index contributed by atoms with van der Waals surface area (Å²) in [6.45, 7) is 7.25. The number of nitrogens with zero attached hydrogens (tertiary/aromatic N) is 4. The van der Waals surface area contributed by atoms with Crippen molar-refractivity contribution in [2.75, 3.05) is 43.0 Å². The average molecular weight is 418 g/mol. The molecule has 3 aromatic rings. The number of para-hydroxylation sites is 1. The first-order chi connectivity index (χ1) is 15.2. The molecule has 7 nitrogen and oxygen atoms in total. The Bertz CT molecular complexity index is 969. The zero-order valence-corrected chi connectivity index (χ0v) is 17.7. The van der Waals surface area contributed by atoms with Crippen LogP contribution in [0.1, 0.15) is 23.0 Å². The van der Waals surface area contributed by atoms with Crippen LogP contribution >= 0.6 is 0 Å². The Labute approximate surface area is 182 Å². The van der Waals surface area contributed by atoms with E-state index in [4.69, 9.17) is 4.74 Å². The molecule has 1 amide bonds. The maximum Gasteiger partial charge on any atom is 0.276 e. The molecule has 1 fully saturated rings. The van der Waals surface area contributed by atoms with Crippen LogP contribution in [0.15, 0.2) is 66.7 Å². The summed E-state index contributed by atoms with van der Waals surface area (Å²) >= 11 is 0. The summed E-state index contributed by atoms with van der Waals surface area (Å²) in [6.07, 6.45) is 0. The number of nitrogens with one attached hydrogen (secondary N) is 1. The third-order valence-corrected chi connectivity index (χ3v) is 5.25. The fraction of sp³-hybridized carbons (Fsp3) is 0.292. The van der Waals surface area contributed by atoms with E-state index in [1.807, 2.05) is 55.5 Å². The standard InChI is InChI=1S/C24H27N5O2/c1-2-31-21-10-8-19(9-11-21)18-28-14-16-29(17-15-28)23-13-12-22(26-27-23)24(30)25-20-6-4-3-5-7-20/h3-13H,2,14-18H2,1H3,(H,25,30). The van der Waals surface area contributed by atoms with Crippen molar-refractivity contribution in [3.63, 3.8) is 0 Å². The molecule has 1 aliphatic rings. The maximum absolute atomic E-state index is 12.3. The highest BCUT2D eigenvalue weighted by molar-refractivity contribution is 6.02. The minimum atomic E-state index is -0.259. The lowest BCUT2D eigenvalue weighted by Crippen LogP contribution is -2.46. The molecule has 0 atom stereocenters. The Hall–Kier alpha value is -3.45. The molecule has 1 aliphatic heterocycles. The Kier molecular flexibility index (Phi) is 6.74. The van der Waals surface area contributed by atoms with Gasteiger partial charge in [-0.3, -0.25) is 9.69 Å². The van der Waals surface area contributed by atoms with Gasteiger partial charge in [0.1, 0.15) is 5.75 Å². The molecule has 160 valence electrons. The fourth-order valence-corrected chi connectivity index (χ4v) is 3.58. The Morgan fingerprint density at radius 1 is 0.935 bits per heavy atom. The molecule has 7 heteroatoms. The van der Waals surface area contributed by atoms with Crippen molar-refractivity contribution in [3.05, 3.63) is 78.0 Å². The zero-order chi connectivity index (χ0) is 21.5. The van der Waals surface area contributed by atoms with Gasteiger partial charge in [-0.15, -0.1) is 10.2 Å². The van der Waals surface area contributed by atoms with Crippen molar-refractivity contribution in [1.82, 2.24) is 15.1 Å². The van der Waals surface area contributed by atoms with Crippen molar-refractivity contribution in [2.45, 2.75) is 13.5 Å². The lowest BCUT2D eigenvalue weighted by molar-refractivity contribution is 0.102. The molecular weight excluding hydrogens is 390 g/mol. The second-order valence-electron chi connectivity index (χ2n) is 7.44. The molecule has 0 saturated carbocycles. The Morgan fingerprint density at radius 3 is 2.32 bits per heavy atom. The first-order valence-corrected chi connectivity index (χ1v) is 10.6. The molecule has 31 heavy (non-hydrogen) atoms. The molecule has 4 rings (SSSR count). The van der Waals surface area contributed by atoms with Gasteiger partial charge in [0.15, 0.2) is 11.5 Å². The summed E-state index contributed by atoms with van der Waals surface area (Å²) in [5.41, 5.74) is 2.33. The number of hydrogen-bond donors (Lipinski definition) is 1. The van der Waals surface area contributed by atoms with Gasteiger partial charge in [0, 0.05) is 38.4 Å². The van der Waals surface area contributed by atoms with E-state index in [0.717, 1.165) is 50.0 Å². The van der Waals surface area contributed by atoms with Crippen LogP contribution in [0.4, 0.5) is 11.5 Å². The lowest BCUT2D eigenvalue weighted by atomic mass is 10.2. The molecule has 0 spiro atoms. The number of ether oxygens (including phenoxy) is 1. The van der Waals surface area contributed by atoms with Crippen LogP contribution < -0.4 is 15.0 Å². The number of aromatic nitrogens is 2. The SMILES string of the molecule is CCOc1ccc(CN2CCN(c3ccc(C(=O)Nc4ccccc4)nn3)CC2)cc1. The molecule has 1 saturated heterocycles. The van der Waals surface area contributed by atoms with Crippen LogP contribution in [0.5, 0.6) is 5.75 Å². The van der Waals surface area contributed by atoms with Gasteiger partial charge in [-0.25, -0.2) is 0 Å². The van der Waals surface area contributed by atoms with Crippen LogP contribution in [-0.2, 0) is 6.54 Å². The zero-order valence-electron chi connectivity index (χ0n) is 17.7. The minimum absolute atomic E-state index is 0.259. The molecule has 1 aromatic heterocycles. The number of carbonyl (C=O) groups excluding carboxylic acids is 1. The normalized spacial score (nSPS) is 14.3. The summed E-state index contributed by atoms with van der Waals surface area (Å²) in [5, 5.41) is 11.2. The molecule has 2 aromatic carbocycles. The minimum Gasteiger partial charge on any atom is -0.494 e. The van der Waals surface area contributed by atoms with Gasteiger partial charge in [0.2, 0.25) is 0 Å². The van der Waals surface area contributed by atoms with Crippen LogP contribution in [0.25, 0.3) is 0 Å². The number of anilines is 2. The van der Waals surface area contributed by atoms with E-state index in [0.29, 0.717) is 12.3 Å². The molecule has 0 unspecified atom stereocenters. The summed E-state index contributed by atoms with van der Waals surface area (Å²) < 4.78 is 5.51. The molecule has 0 aliphatic carbocycles. The number of amides is 1. The maximum atomic E-state index is 12.3. The third kappa shape index (κ3) is 5.58. The topological polar surface area (TPSA) is 70.6 Å². The lowest BCUT2D eigenvalue weighted by Gasteiger charge is -2.35. The van der Waals surface area contributed by atoms with Crippen LogP contribution in [0, 0.1) is 0 Å². The molecule has 0 radical (unpaired) electrons. The van der Waals surface area contributed by atoms with E-state index < -0.39 is 0 Å². The van der Waals surface area contributed by atoms with E-state index in [1.165, 1.54) is 5.56 Å². The second kappa shape index (κ2) is 10.0. The third-order valence-electron chi connectivity index (χ3n) is 5.25. The van der Waals surface area contributed by atoms with E-state index in [9.17, 15) is 4.79 Å². The monoisotopic (exact) mass is 417 g/mol. The number of hydrogen-bond acceptors (Lipinski definition) is 6. The second-order valence-corrected chi connectivity index (χ2v) is 7.44. The van der Waals surface area contributed by atoms with Gasteiger partial charge in [-0.1, -0.05) is 30.3 Å². The van der Waals surface area contributed by atoms with Crippen LogP contribution in [0.3, 0.4) is 0 Å². The van der Waals surface area contributed by atoms with Crippen molar-refractivity contribution in [3.8, 4) is 5.75 Å². The van der Waals surface area contributed by atoms with Gasteiger partial charge in [-0.2, -0.15) is 0 Å². The predicted octanol–water partition coefficient (Wildman–Crippen LogP) is 3.45. The number of carbonyl (C=O) groups is 1. The highest BCUT2D eigenvalue weighted by atomic mass is 16.5. The highest BCUT2D eigenvalue weighted by Gasteiger charge is 2.19.